The SMILES string of the molecule is CCc1cccc(CC)c1NC(=O)[C@@H](C)N(c1cc(Cl)ccc1C)S(C)(=O)=O. The Bertz CT molecular complexity index is 951. The number of nitrogens with one attached hydrogen (secondary N) is 1. The Morgan fingerprint density at radius 3 is 2.21 bits per heavy atom. The zero-order valence-electron chi connectivity index (χ0n) is 16.9. The van der Waals surface area contributed by atoms with Crippen LogP contribution in [0.15, 0.2) is 36.4 Å². The number of carbonyl (C=O) groups excluding carboxylic acids is 1. The molecule has 0 spiro atoms. The first-order chi connectivity index (χ1) is 13.1. The lowest BCUT2D eigenvalue weighted by molar-refractivity contribution is -0.116. The van der Waals surface area contributed by atoms with Crippen LogP contribution in [0.3, 0.4) is 0 Å². The lowest BCUT2D eigenvalue weighted by Crippen LogP contribution is -2.45. The molecule has 0 unspecified atom stereocenters. The van der Waals surface area contributed by atoms with Gasteiger partial charge in [-0.05, 0) is 55.5 Å². The van der Waals surface area contributed by atoms with Crippen LogP contribution in [0.2, 0.25) is 5.02 Å². The molecule has 0 radical (unpaired) electrons. The van der Waals surface area contributed by atoms with Crippen LogP contribution in [-0.2, 0) is 27.7 Å². The van der Waals surface area contributed by atoms with Gasteiger partial charge < -0.3 is 5.32 Å². The lowest BCUT2D eigenvalue weighted by Gasteiger charge is -2.30. The zero-order valence-corrected chi connectivity index (χ0v) is 18.5. The Labute approximate surface area is 172 Å². The lowest BCUT2D eigenvalue weighted by atomic mass is 10.0. The van der Waals surface area contributed by atoms with Crippen molar-refractivity contribution < 1.29 is 13.2 Å². The number of anilines is 2. The van der Waals surface area contributed by atoms with E-state index >= 15 is 0 Å². The number of nitrogens with zero attached hydrogens (tertiary/aromatic N) is 1. The molecule has 0 saturated carbocycles. The van der Waals surface area contributed by atoms with Gasteiger partial charge in [-0.2, -0.15) is 0 Å². The Morgan fingerprint density at radius 2 is 1.71 bits per heavy atom. The number of halogens is 1. The Hall–Kier alpha value is -2.05. The number of sulfonamides is 1. The zero-order chi connectivity index (χ0) is 21.1. The van der Waals surface area contributed by atoms with E-state index in [1.165, 1.54) is 0 Å². The van der Waals surface area contributed by atoms with Crippen molar-refractivity contribution in [1.82, 2.24) is 0 Å². The van der Waals surface area contributed by atoms with Crippen LogP contribution in [-0.4, -0.2) is 26.6 Å². The van der Waals surface area contributed by atoms with Crippen LogP contribution in [0, 0.1) is 6.92 Å². The molecule has 1 N–H and O–H groups in total. The van der Waals surface area contributed by atoms with Crippen LogP contribution >= 0.6 is 11.6 Å². The maximum atomic E-state index is 13.1. The van der Waals surface area contributed by atoms with Gasteiger partial charge >= 0.3 is 0 Å². The van der Waals surface area contributed by atoms with Gasteiger partial charge in [-0.1, -0.05) is 49.7 Å². The highest BCUT2D eigenvalue weighted by Gasteiger charge is 2.31. The number of hydrogen-bond donors (Lipinski definition) is 1. The van der Waals surface area contributed by atoms with Crippen molar-refractivity contribution in [2.45, 2.75) is 46.6 Å². The summed E-state index contributed by atoms with van der Waals surface area (Å²) in [5, 5.41) is 3.37. The molecule has 7 heteroatoms. The Kier molecular flexibility index (Phi) is 7.12. The van der Waals surface area contributed by atoms with Crippen LogP contribution in [0.25, 0.3) is 0 Å². The minimum absolute atomic E-state index is 0.389. The fraction of sp³-hybridized carbons (Fsp3) is 0.381. The molecular formula is C21H27ClN2O3S. The third-order valence-electron chi connectivity index (χ3n) is 4.74. The van der Waals surface area contributed by atoms with Crippen molar-refractivity contribution in [2.24, 2.45) is 0 Å². The van der Waals surface area contributed by atoms with E-state index in [4.69, 9.17) is 11.6 Å². The van der Waals surface area contributed by atoms with E-state index in [1.807, 2.05) is 32.0 Å². The largest absolute Gasteiger partial charge is 0.324 e. The molecule has 2 aromatic carbocycles. The van der Waals surface area contributed by atoms with Gasteiger partial charge in [0.2, 0.25) is 15.9 Å². The maximum Gasteiger partial charge on any atom is 0.248 e. The van der Waals surface area contributed by atoms with Crippen molar-refractivity contribution >= 4 is 38.9 Å². The maximum absolute atomic E-state index is 13.1. The normalized spacial score (nSPS) is 12.5. The van der Waals surface area contributed by atoms with Crippen molar-refractivity contribution in [3.05, 3.63) is 58.1 Å². The number of aryl methyl sites for hydroxylation is 3. The number of hydrogen-bond acceptors (Lipinski definition) is 3. The van der Waals surface area contributed by atoms with Gasteiger partial charge in [-0.15, -0.1) is 0 Å². The molecule has 1 atom stereocenters. The molecule has 0 aromatic heterocycles. The molecule has 2 aromatic rings. The fourth-order valence-corrected chi connectivity index (χ4v) is 4.62. The molecule has 152 valence electrons. The van der Waals surface area contributed by atoms with E-state index in [2.05, 4.69) is 5.32 Å². The van der Waals surface area contributed by atoms with Gasteiger partial charge in [0, 0.05) is 10.7 Å². The molecular weight excluding hydrogens is 396 g/mol. The summed E-state index contributed by atoms with van der Waals surface area (Å²) >= 11 is 6.08. The quantitative estimate of drug-likeness (QED) is 0.710. The molecule has 0 aliphatic carbocycles. The number of amides is 1. The highest BCUT2D eigenvalue weighted by molar-refractivity contribution is 7.92. The molecule has 5 nitrogen and oxygen atoms in total. The summed E-state index contributed by atoms with van der Waals surface area (Å²) in [5.41, 5.74) is 3.92. The van der Waals surface area contributed by atoms with Gasteiger partial charge in [-0.3, -0.25) is 9.10 Å². The third-order valence-corrected chi connectivity index (χ3v) is 6.21. The van der Waals surface area contributed by atoms with E-state index in [-0.39, 0.29) is 5.91 Å². The first kappa shape index (κ1) is 22.2. The second-order valence-electron chi connectivity index (χ2n) is 6.81. The van der Waals surface area contributed by atoms with E-state index < -0.39 is 16.1 Å². The van der Waals surface area contributed by atoms with Gasteiger partial charge in [0.25, 0.3) is 0 Å². The van der Waals surface area contributed by atoms with Crippen LogP contribution < -0.4 is 9.62 Å². The predicted octanol–water partition coefficient (Wildman–Crippen LogP) is 4.57. The first-order valence-electron chi connectivity index (χ1n) is 9.27. The van der Waals surface area contributed by atoms with Gasteiger partial charge in [0.1, 0.15) is 6.04 Å². The molecule has 28 heavy (non-hydrogen) atoms. The first-order valence-corrected chi connectivity index (χ1v) is 11.5. The summed E-state index contributed by atoms with van der Waals surface area (Å²) in [5.74, 6) is -0.389. The fourth-order valence-electron chi connectivity index (χ4n) is 3.23. The standard InChI is InChI=1S/C21H27ClN2O3S/c1-6-16-9-8-10-17(7-2)20(16)23-21(25)15(4)24(28(5,26)27)19-13-18(22)12-11-14(19)3/h8-13,15H,6-7H2,1-5H3,(H,23,25)/t15-/m1/s1. The van der Waals surface area contributed by atoms with E-state index in [0.717, 1.165) is 45.8 Å². The molecule has 0 aliphatic heterocycles. The van der Waals surface area contributed by atoms with E-state index in [9.17, 15) is 13.2 Å². The average molecular weight is 423 g/mol. The second kappa shape index (κ2) is 8.97. The van der Waals surface area contributed by atoms with E-state index in [0.29, 0.717) is 10.7 Å². The summed E-state index contributed by atoms with van der Waals surface area (Å²) in [7, 11) is -3.71. The van der Waals surface area contributed by atoms with E-state index in [1.54, 1.807) is 32.0 Å². The van der Waals surface area contributed by atoms with Gasteiger partial charge in [0.05, 0.1) is 11.9 Å². The molecule has 0 saturated heterocycles. The van der Waals surface area contributed by atoms with Crippen LogP contribution in [0.1, 0.15) is 37.5 Å². The third kappa shape index (κ3) is 4.86. The number of para-hydroxylation sites is 1. The Morgan fingerprint density at radius 1 is 1.14 bits per heavy atom. The van der Waals surface area contributed by atoms with Gasteiger partial charge in [-0.25, -0.2) is 8.42 Å². The van der Waals surface area contributed by atoms with Crippen LogP contribution in [0.4, 0.5) is 11.4 Å². The average Bonchev–Trinajstić information content (AvgIpc) is 2.63. The predicted molar refractivity (Wildman–Crippen MR) is 117 cm³/mol. The summed E-state index contributed by atoms with van der Waals surface area (Å²) < 4.78 is 26.2. The molecule has 0 aliphatic rings. The summed E-state index contributed by atoms with van der Waals surface area (Å²) in [6.45, 7) is 7.41. The van der Waals surface area contributed by atoms with Crippen LogP contribution in [0.5, 0.6) is 0 Å². The molecule has 1 amide bonds. The number of carbonyl (C=O) groups is 1. The monoisotopic (exact) mass is 422 g/mol. The topological polar surface area (TPSA) is 66.5 Å². The minimum Gasteiger partial charge on any atom is -0.324 e. The summed E-state index contributed by atoms with van der Waals surface area (Å²) in [4.78, 5) is 13.1. The highest BCUT2D eigenvalue weighted by Crippen LogP contribution is 2.29. The van der Waals surface area contributed by atoms with Crippen molar-refractivity contribution in [3.8, 4) is 0 Å². The smallest absolute Gasteiger partial charge is 0.248 e. The van der Waals surface area contributed by atoms with Crippen molar-refractivity contribution in [2.75, 3.05) is 15.9 Å². The highest BCUT2D eigenvalue weighted by atomic mass is 35.5. The van der Waals surface area contributed by atoms with Crippen molar-refractivity contribution in [3.63, 3.8) is 0 Å². The van der Waals surface area contributed by atoms with Crippen molar-refractivity contribution in [1.29, 1.82) is 0 Å². The minimum atomic E-state index is -3.71. The second-order valence-corrected chi connectivity index (χ2v) is 9.11. The number of rotatable bonds is 7. The summed E-state index contributed by atoms with van der Waals surface area (Å²) in [6, 6.07) is 9.96. The molecule has 0 heterocycles. The Balaban J connectivity index is 2.45. The number of benzene rings is 2. The molecule has 2 rings (SSSR count). The molecule has 0 fully saturated rings. The molecule has 0 bridgehead atoms. The summed E-state index contributed by atoms with van der Waals surface area (Å²) in [6.07, 6.45) is 2.62. The van der Waals surface area contributed by atoms with Gasteiger partial charge in [0.15, 0.2) is 0 Å².